The number of hydrogen-bond acceptors (Lipinski definition) is 3. The molecule has 1 saturated carbocycles. The van der Waals surface area contributed by atoms with Crippen LogP contribution in [0.2, 0.25) is 0 Å². The van der Waals surface area contributed by atoms with E-state index in [0.29, 0.717) is 18.4 Å². The average Bonchev–Trinajstić information content (AvgIpc) is 2.99. The molecule has 0 aliphatic heterocycles. The van der Waals surface area contributed by atoms with Gasteiger partial charge in [0.2, 0.25) is 0 Å². The Bertz CT molecular complexity index is 380. The fourth-order valence-corrected chi connectivity index (χ4v) is 1.64. The summed E-state index contributed by atoms with van der Waals surface area (Å²) < 4.78 is 0. The maximum Gasteiger partial charge on any atom is 0.177 e. The SMILES string of the molecule is CC(=O)C1(C(=O)c2cccnc2)CC1. The second kappa shape index (κ2) is 3.01. The van der Waals surface area contributed by atoms with E-state index in [1.807, 2.05) is 0 Å². The highest BCUT2D eigenvalue weighted by molar-refractivity contribution is 6.16. The molecule has 3 nitrogen and oxygen atoms in total. The number of rotatable bonds is 3. The van der Waals surface area contributed by atoms with Gasteiger partial charge in [-0.15, -0.1) is 0 Å². The van der Waals surface area contributed by atoms with Gasteiger partial charge >= 0.3 is 0 Å². The molecular weight excluding hydrogens is 178 g/mol. The molecule has 1 aromatic rings. The second-order valence-corrected chi connectivity index (χ2v) is 3.71. The third-order valence-electron chi connectivity index (χ3n) is 2.78. The van der Waals surface area contributed by atoms with E-state index >= 15 is 0 Å². The van der Waals surface area contributed by atoms with Crippen LogP contribution in [0.25, 0.3) is 0 Å². The minimum Gasteiger partial charge on any atom is -0.299 e. The third kappa shape index (κ3) is 1.25. The first-order chi connectivity index (χ1) is 6.67. The molecule has 0 spiro atoms. The summed E-state index contributed by atoms with van der Waals surface area (Å²) >= 11 is 0. The van der Waals surface area contributed by atoms with Crippen LogP contribution in [0.15, 0.2) is 24.5 Å². The van der Waals surface area contributed by atoms with Crippen LogP contribution < -0.4 is 0 Å². The quantitative estimate of drug-likeness (QED) is 0.536. The molecule has 0 saturated heterocycles. The predicted octanol–water partition coefficient (Wildman–Crippen LogP) is 1.63. The minimum atomic E-state index is -0.705. The van der Waals surface area contributed by atoms with Crippen molar-refractivity contribution in [1.82, 2.24) is 4.98 Å². The molecule has 0 radical (unpaired) electrons. The van der Waals surface area contributed by atoms with E-state index in [1.54, 1.807) is 18.3 Å². The van der Waals surface area contributed by atoms with Crippen molar-refractivity contribution in [2.75, 3.05) is 0 Å². The fourth-order valence-electron chi connectivity index (χ4n) is 1.64. The van der Waals surface area contributed by atoms with E-state index < -0.39 is 5.41 Å². The largest absolute Gasteiger partial charge is 0.299 e. The molecule has 0 atom stereocenters. The van der Waals surface area contributed by atoms with E-state index in [4.69, 9.17) is 0 Å². The van der Waals surface area contributed by atoms with Crippen LogP contribution >= 0.6 is 0 Å². The van der Waals surface area contributed by atoms with Crippen molar-refractivity contribution in [3.05, 3.63) is 30.1 Å². The third-order valence-corrected chi connectivity index (χ3v) is 2.78. The van der Waals surface area contributed by atoms with Crippen molar-refractivity contribution in [3.8, 4) is 0 Å². The molecular formula is C11H11NO2. The lowest BCUT2D eigenvalue weighted by molar-refractivity contribution is -0.120. The van der Waals surface area contributed by atoms with Crippen molar-refractivity contribution < 1.29 is 9.59 Å². The monoisotopic (exact) mass is 189 g/mol. The lowest BCUT2D eigenvalue weighted by Crippen LogP contribution is -2.23. The lowest BCUT2D eigenvalue weighted by Gasteiger charge is -2.08. The van der Waals surface area contributed by atoms with Gasteiger partial charge in [-0.25, -0.2) is 0 Å². The van der Waals surface area contributed by atoms with E-state index in [0.717, 1.165) is 0 Å². The molecule has 14 heavy (non-hydrogen) atoms. The number of pyridine rings is 1. The summed E-state index contributed by atoms with van der Waals surface area (Å²) in [5.41, 5.74) is -0.163. The first-order valence-electron chi connectivity index (χ1n) is 4.63. The molecule has 0 aromatic carbocycles. The van der Waals surface area contributed by atoms with Crippen LogP contribution in [0.3, 0.4) is 0 Å². The topological polar surface area (TPSA) is 47.0 Å². The van der Waals surface area contributed by atoms with Crippen LogP contribution in [-0.2, 0) is 4.79 Å². The Kier molecular flexibility index (Phi) is 1.95. The van der Waals surface area contributed by atoms with E-state index in [-0.39, 0.29) is 11.6 Å². The van der Waals surface area contributed by atoms with Gasteiger partial charge in [-0.05, 0) is 31.9 Å². The zero-order valence-corrected chi connectivity index (χ0v) is 7.99. The maximum atomic E-state index is 11.9. The van der Waals surface area contributed by atoms with Crippen molar-refractivity contribution >= 4 is 11.6 Å². The van der Waals surface area contributed by atoms with E-state index in [9.17, 15) is 9.59 Å². The minimum absolute atomic E-state index is 0.0219. The highest BCUT2D eigenvalue weighted by atomic mass is 16.2. The summed E-state index contributed by atoms with van der Waals surface area (Å²) in [6, 6.07) is 3.42. The first kappa shape index (κ1) is 9.06. The standard InChI is InChI=1S/C11H11NO2/c1-8(13)11(4-5-11)10(14)9-3-2-6-12-7-9/h2-3,6-7H,4-5H2,1H3. The molecule has 72 valence electrons. The van der Waals surface area contributed by atoms with Crippen LogP contribution in [-0.4, -0.2) is 16.6 Å². The van der Waals surface area contributed by atoms with Crippen LogP contribution in [0.5, 0.6) is 0 Å². The highest BCUT2D eigenvalue weighted by Crippen LogP contribution is 2.48. The van der Waals surface area contributed by atoms with E-state index in [1.165, 1.54) is 13.1 Å². The van der Waals surface area contributed by atoms with Gasteiger partial charge in [-0.3, -0.25) is 14.6 Å². The van der Waals surface area contributed by atoms with Gasteiger partial charge in [-0.2, -0.15) is 0 Å². The van der Waals surface area contributed by atoms with Gasteiger partial charge in [0.15, 0.2) is 5.78 Å². The normalized spacial score (nSPS) is 17.5. The van der Waals surface area contributed by atoms with Crippen molar-refractivity contribution in [3.63, 3.8) is 0 Å². The molecule has 1 fully saturated rings. The number of carbonyl (C=O) groups excluding carboxylic acids is 2. The molecule has 3 heteroatoms. The number of aromatic nitrogens is 1. The zero-order valence-electron chi connectivity index (χ0n) is 7.99. The second-order valence-electron chi connectivity index (χ2n) is 3.71. The molecule has 0 amide bonds. The Morgan fingerprint density at radius 2 is 2.14 bits per heavy atom. The summed E-state index contributed by atoms with van der Waals surface area (Å²) in [7, 11) is 0. The van der Waals surface area contributed by atoms with Crippen molar-refractivity contribution in [2.24, 2.45) is 5.41 Å². The average molecular weight is 189 g/mol. The highest BCUT2D eigenvalue weighted by Gasteiger charge is 2.53. The molecule has 0 bridgehead atoms. The van der Waals surface area contributed by atoms with Gasteiger partial charge in [0.25, 0.3) is 0 Å². The fraction of sp³-hybridized carbons (Fsp3) is 0.364. The first-order valence-corrected chi connectivity index (χ1v) is 4.63. The van der Waals surface area contributed by atoms with E-state index in [2.05, 4.69) is 4.98 Å². The predicted molar refractivity (Wildman–Crippen MR) is 50.9 cm³/mol. The number of carbonyl (C=O) groups is 2. The van der Waals surface area contributed by atoms with Crippen molar-refractivity contribution in [2.45, 2.75) is 19.8 Å². The van der Waals surface area contributed by atoms with Crippen molar-refractivity contribution in [1.29, 1.82) is 0 Å². The van der Waals surface area contributed by atoms with Crippen LogP contribution in [0.1, 0.15) is 30.1 Å². The molecule has 1 aromatic heterocycles. The molecule has 1 aliphatic carbocycles. The summed E-state index contributed by atoms with van der Waals surface area (Å²) in [6.45, 7) is 1.49. The smallest absolute Gasteiger partial charge is 0.177 e. The van der Waals surface area contributed by atoms with Gasteiger partial charge in [-0.1, -0.05) is 0 Å². The number of hydrogen-bond donors (Lipinski definition) is 0. The van der Waals surface area contributed by atoms with Gasteiger partial charge in [0, 0.05) is 18.0 Å². The Hall–Kier alpha value is -1.51. The molecule has 1 heterocycles. The Morgan fingerprint density at radius 3 is 2.57 bits per heavy atom. The molecule has 1 aliphatic rings. The zero-order chi connectivity index (χ0) is 10.2. The summed E-state index contributed by atoms with van der Waals surface area (Å²) in [4.78, 5) is 27.1. The number of Topliss-reactive ketones (excluding diaryl/α,β-unsaturated/α-hetero) is 2. The van der Waals surface area contributed by atoms with Gasteiger partial charge in [0.1, 0.15) is 5.78 Å². The van der Waals surface area contributed by atoms with Gasteiger partial charge < -0.3 is 0 Å². The van der Waals surface area contributed by atoms with Crippen LogP contribution in [0, 0.1) is 5.41 Å². The Labute approximate surface area is 82.2 Å². The van der Waals surface area contributed by atoms with Crippen LogP contribution in [0.4, 0.5) is 0 Å². The number of ketones is 2. The summed E-state index contributed by atoms with van der Waals surface area (Å²) in [5.74, 6) is -0.0931. The summed E-state index contributed by atoms with van der Waals surface area (Å²) in [6.07, 6.45) is 4.52. The number of nitrogens with zero attached hydrogens (tertiary/aromatic N) is 1. The lowest BCUT2D eigenvalue weighted by atomic mass is 9.92. The Balaban J connectivity index is 2.30. The summed E-state index contributed by atoms with van der Waals surface area (Å²) in [5, 5.41) is 0. The molecule has 0 unspecified atom stereocenters. The maximum absolute atomic E-state index is 11.9. The van der Waals surface area contributed by atoms with Gasteiger partial charge in [0.05, 0.1) is 5.41 Å². The molecule has 2 rings (SSSR count). The molecule has 0 N–H and O–H groups in total. The Morgan fingerprint density at radius 1 is 1.43 bits per heavy atom.